The number of anilines is 1. The van der Waals surface area contributed by atoms with Crippen molar-refractivity contribution in [3.05, 3.63) is 22.1 Å². The van der Waals surface area contributed by atoms with Gasteiger partial charge in [-0.2, -0.15) is 0 Å². The van der Waals surface area contributed by atoms with Gasteiger partial charge in [-0.15, -0.1) is 0 Å². The third kappa shape index (κ3) is 2.63. The average Bonchev–Trinajstić information content (AvgIpc) is 2.68. The second-order valence-electron chi connectivity index (χ2n) is 4.13. The molecule has 2 rings (SSSR count). The quantitative estimate of drug-likeness (QED) is 0.720. The van der Waals surface area contributed by atoms with Gasteiger partial charge in [0.15, 0.2) is 0 Å². The van der Waals surface area contributed by atoms with E-state index in [1.807, 2.05) is 6.92 Å². The van der Waals surface area contributed by atoms with E-state index in [4.69, 9.17) is 4.74 Å². The lowest BCUT2D eigenvalue weighted by Crippen LogP contribution is -2.39. The van der Waals surface area contributed by atoms with Gasteiger partial charge in [0, 0.05) is 12.5 Å². The molecule has 1 aliphatic heterocycles. The molecular formula is C11H14N4O4. The first-order valence-corrected chi connectivity index (χ1v) is 5.88. The fourth-order valence-electron chi connectivity index (χ4n) is 1.72. The van der Waals surface area contributed by atoms with E-state index in [0.717, 1.165) is 6.20 Å². The Hall–Kier alpha value is -2.22. The Morgan fingerprint density at radius 2 is 2.32 bits per heavy atom. The van der Waals surface area contributed by atoms with E-state index in [0.29, 0.717) is 6.42 Å². The molecule has 2 heterocycles. The minimum absolute atomic E-state index is 0.0254. The molecule has 0 radical (unpaired) electrons. The van der Waals surface area contributed by atoms with E-state index < -0.39 is 11.5 Å². The Kier molecular flexibility index (Phi) is 3.61. The third-order valence-electron chi connectivity index (χ3n) is 2.57. The van der Waals surface area contributed by atoms with Crippen LogP contribution in [0.1, 0.15) is 30.6 Å². The minimum Gasteiger partial charge on any atom is -0.462 e. The highest BCUT2D eigenvalue weighted by Crippen LogP contribution is 2.12. The number of carbonyl (C=O) groups excluding carboxylic acids is 2. The van der Waals surface area contributed by atoms with E-state index in [1.165, 1.54) is 5.01 Å². The molecule has 1 atom stereocenters. The van der Waals surface area contributed by atoms with Gasteiger partial charge in [-0.1, -0.05) is 0 Å². The van der Waals surface area contributed by atoms with Gasteiger partial charge in [-0.05, 0) is 13.8 Å². The number of nitrogens with one attached hydrogen (secondary N) is 2. The van der Waals surface area contributed by atoms with Gasteiger partial charge in [-0.25, -0.2) is 20.2 Å². The van der Waals surface area contributed by atoms with Crippen LogP contribution in [0.25, 0.3) is 0 Å². The highest BCUT2D eigenvalue weighted by atomic mass is 16.5. The number of aromatic nitrogens is 2. The summed E-state index contributed by atoms with van der Waals surface area (Å²) in [7, 11) is 0. The molecule has 0 aromatic carbocycles. The molecule has 1 aromatic heterocycles. The summed E-state index contributed by atoms with van der Waals surface area (Å²) in [5, 5.41) is 1.17. The van der Waals surface area contributed by atoms with Crippen LogP contribution in [-0.4, -0.2) is 34.5 Å². The van der Waals surface area contributed by atoms with E-state index >= 15 is 0 Å². The molecule has 8 heteroatoms. The maximum atomic E-state index is 11.7. The van der Waals surface area contributed by atoms with Gasteiger partial charge in [-0.3, -0.25) is 14.6 Å². The summed E-state index contributed by atoms with van der Waals surface area (Å²) in [5.74, 6) is -0.871. The lowest BCUT2D eigenvalue weighted by molar-refractivity contribution is -0.117. The van der Waals surface area contributed by atoms with E-state index in [2.05, 4.69) is 15.4 Å². The second-order valence-corrected chi connectivity index (χ2v) is 4.13. The molecule has 1 saturated heterocycles. The number of esters is 1. The number of hydrogen-bond acceptors (Lipinski definition) is 6. The average molecular weight is 266 g/mol. The summed E-state index contributed by atoms with van der Waals surface area (Å²) in [4.78, 5) is 41.1. The molecule has 19 heavy (non-hydrogen) atoms. The van der Waals surface area contributed by atoms with Crippen molar-refractivity contribution < 1.29 is 14.3 Å². The number of amides is 1. The summed E-state index contributed by atoms with van der Waals surface area (Å²) < 4.78 is 4.72. The van der Waals surface area contributed by atoms with Gasteiger partial charge in [0.1, 0.15) is 5.56 Å². The zero-order chi connectivity index (χ0) is 14.0. The predicted octanol–water partition coefficient (Wildman–Crippen LogP) is -0.424. The molecule has 1 aromatic rings. The second kappa shape index (κ2) is 5.19. The number of rotatable bonds is 3. The Morgan fingerprint density at radius 3 is 2.84 bits per heavy atom. The lowest BCUT2D eigenvalue weighted by atomic mass is 10.3. The number of carbonyl (C=O) groups is 2. The molecule has 8 nitrogen and oxygen atoms in total. The Bertz CT molecular complexity index is 568. The number of hydrazine groups is 1. The highest BCUT2D eigenvalue weighted by Gasteiger charge is 2.29. The summed E-state index contributed by atoms with van der Waals surface area (Å²) in [6.07, 6.45) is 1.42. The van der Waals surface area contributed by atoms with Crippen molar-refractivity contribution >= 4 is 17.8 Å². The van der Waals surface area contributed by atoms with Crippen molar-refractivity contribution in [3.8, 4) is 0 Å². The van der Waals surface area contributed by atoms with Crippen molar-refractivity contribution in [2.24, 2.45) is 0 Å². The van der Waals surface area contributed by atoms with Crippen LogP contribution in [0.5, 0.6) is 0 Å². The molecule has 0 bridgehead atoms. The van der Waals surface area contributed by atoms with Crippen molar-refractivity contribution in [1.29, 1.82) is 0 Å². The number of ether oxygens (including phenoxy) is 1. The molecule has 1 amide bonds. The maximum Gasteiger partial charge on any atom is 0.345 e. The fraction of sp³-hybridized carbons (Fsp3) is 0.455. The Morgan fingerprint density at radius 1 is 1.58 bits per heavy atom. The van der Waals surface area contributed by atoms with Crippen LogP contribution in [0.15, 0.2) is 11.0 Å². The van der Waals surface area contributed by atoms with Gasteiger partial charge in [0.2, 0.25) is 11.9 Å². The first kappa shape index (κ1) is 13.2. The zero-order valence-corrected chi connectivity index (χ0v) is 10.6. The van der Waals surface area contributed by atoms with Crippen LogP contribution in [0.4, 0.5) is 5.95 Å². The number of H-pyrrole nitrogens is 1. The van der Waals surface area contributed by atoms with Gasteiger partial charge >= 0.3 is 5.97 Å². The topological polar surface area (TPSA) is 104 Å². The van der Waals surface area contributed by atoms with Crippen LogP contribution in [0, 0.1) is 0 Å². The normalized spacial score (nSPS) is 18.7. The molecule has 0 aliphatic carbocycles. The van der Waals surface area contributed by atoms with Crippen LogP contribution < -0.4 is 16.0 Å². The van der Waals surface area contributed by atoms with Crippen LogP contribution in [0.2, 0.25) is 0 Å². The van der Waals surface area contributed by atoms with Crippen LogP contribution >= 0.6 is 0 Å². The van der Waals surface area contributed by atoms with Crippen molar-refractivity contribution in [2.75, 3.05) is 11.6 Å². The third-order valence-corrected chi connectivity index (χ3v) is 2.57. The number of hydrogen-bond donors (Lipinski definition) is 2. The number of nitrogens with zero attached hydrogens (tertiary/aromatic N) is 2. The van der Waals surface area contributed by atoms with Crippen LogP contribution in [-0.2, 0) is 9.53 Å². The predicted molar refractivity (Wildman–Crippen MR) is 65.5 cm³/mol. The first-order valence-electron chi connectivity index (χ1n) is 5.88. The maximum absolute atomic E-state index is 11.7. The van der Waals surface area contributed by atoms with Gasteiger partial charge in [0.25, 0.3) is 5.56 Å². The molecule has 2 N–H and O–H groups in total. The van der Waals surface area contributed by atoms with E-state index in [9.17, 15) is 14.4 Å². The zero-order valence-electron chi connectivity index (χ0n) is 10.6. The minimum atomic E-state index is -0.739. The smallest absolute Gasteiger partial charge is 0.345 e. The first-order chi connectivity index (χ1) is 9.02. The van der Waals surface area contributed by atoms with Crippen molar-refractivity contribution in [1.82, 2.24) is 15.4 Å². The summed E-state index contributed by atoms with van der Waals surface area (Å²) >= 11 is 0. The highest BCUT2D eigenvalue weighted by molar-refractivity contribution is 5.93. The van der Waals surface area contributed by atoms with Crippen molar-refractivity contribution in [3.63, 3.8) is 0 Å². The summed E-state index contributed by atoms with van der Waals surface area (Å²) in [5.41, 5.74) is 2.03. The largest absolute Gasteiger partial charge is 0.462 e. The monoisotopic (exact) mass is 266 g/mol. The molecule has 0 spiro atoms. The molecular weight excluding hydrogens is 252 g/mol. The summed E-state index contributed by atoms with van der Waals surface area (Å²) in [6.45, 7) is 3.65. The molecule has 1 aliphatic rings. The summed E-state index contributed by atoms with van der Waals surface area (Å²) in [6, 6.07) is -0.0254. The fourth-order valence-corrected chi connectivity index (χ4v) is 1.72. The van der Waals surface area contributed by atoms with Crippen LogP contribution in [0.3, 0.4) is 0 Å². The van der Waals surface area contributed by atoms with Gasteiger partial charge < -0.3 is 4.74 Å². The van der Waals surface area contributed by atoms with E-state index in [1.54, 1.807) is 6.92 Å². The standard InChI is InChI=1S/C11H14N4O4/c1-3-19-10(18)7-5-12-11(13-9(7)17)15-8(16)4-6(2)14-15/h5-6,14H,3-4H2,1-2H3,(H,12,13,17). The molecule has 1 fully saturated rings. The SMILES string of the molecule is CCOC(=O)c1cnc(N2NC(C)CC2=O)[nH]c1=O. The Labute approximate surface area is 108 Å². The molecule has 0 saturated carbocycles. The number of aromatic amines is 1. The lowest BCUT2D eigenvalue weighted by Gasteiger charge is -2.14. The van der Waals surface area contributed by atoms with Gasteiger partial charge in [0.05, 0.1) is 12.8 Å². The molecule has 102 valence electrons. The van der Waals surface area contributed by atoms with Crippen molar-refractivity contribution in [2.45, 2.75) is 26.3 Å². The Balaban J connectivity index is 2.27. The van der Waals surface area contributed by atoms with E-state index in [-0.39, 0.29) is 30.1 Å². The molecule has 1 unspecified atom stereocenters.